The molecular formula is C21H24F2N4O4S. The Kier molecular flexibility index (Phi) is 6.54. The predicted molar refractivity (Wildman–Crippen MR) is 113 cm³/mol. The topological polar surface area (TPSA) is 93.7 Å². The van der Waals surface area contributed by atoms with Crippen molar-refractivity contribution in [2.45, 2.75) is 57.6 Å². The number of ether oxygens (including phenoxy) is 2. The molecule has 1 aromatic carbocycles. The monoisotopic (exact) mass is 466 g/mol. The van der Waals surface area contributed by atoms with Crippen molar-refractivity contribution in [3.05, 3.63) is 28.8 Å². The van der Waals surface area contributed by atoms with Crippen LogP contribution < -0.4 is 14.8 Å². The van der Waals surface area contributed by atoms with E-state index in [1.54, 1.807) is 26.0 Å². The fourth-order valence-corrected chi connectivity index (χ4v) is 4.62. The molecule has 2 aliphatic rings. The molecule has 32 heavy (non-hydrogen) atoms. The van der Waals surface area contributed by atoms with Crippen molar-refractivity contribution in [2.24, 2.45) is 0 Å². The highest BCUT2D eigenvalue weighted by atomic mass is 32.1. The van der Waals surface area contributed by atoms with Crippen molar-refractivity contribution in [3.8, 4) is 11.5 Å². The summed E-state index contributed by atoms with van der Waals surface area (Å²) < 4.78 is 35.2. The first-order valence-electron chi connectivity index (χ1n) is 10.5. The molecule has 0 bridgehead atoms. The summed E-state index contributed by atoms with van der Waals surface area (Å²) in [6.45, 7) is 1.06. The lowest BCUT2D eigenvalue weighted by atomic mass is 9.98. The molecular weight excluding hydrogens is 442 g/mol. The number of halogens is 2. The van der Waals surface area contributed by atoms with Gasteiger partial charge in [0.25, 0.3) is 0 Å². The van der Waals surface area contributed by atoms with E-state index in [0.717, 1.165) is 23.4 Å². The first-order valence-corrected chi connectivity index (χ1v) is 11.3. The number of hydrogen-bond donors (Lipinski definition) is 1. The van der Waals surface area contributed by atoms with Gasteiger partial charge in [-0.1, -0.05) is 17.4 Å². The van der Waals surface area contributed by atoms with Crippen molar-refractivity contribution < 1.29 is 27.8 Å². The molecule has 4 rings (SSSR count). The van der Waals surface area contributed by atoms with Gasteiger partial charge in [-0.15, -0.1) is 10.2 Å². The molecule has 1 aromatic heterocycles. The van der Waals surface area contributed by atoms with E-state index in [1.807, 2.05) is 0 Å². The minimum absolute atomic E-state index is 0.0536. The Labute approximate surface area is 187 Å². The van der Waals surface area contributed by atoms with Gasteiger partial charge in [0.05, 0.1) is 6.61 Å². The molecule has 11 heteroatoms. The quantitative estimate of drug-likeness (QED) is 0.605. The summed E-state index contributed by atoms with van der Waals surface area (Å²) in [5, 5.41) is 12.2. The number of rotatable bonds is 9. The van der Waals surface area contributed by atoms with Crippen LogP contribution in [0.2, 0.25) is 0 Å². The third-order valence-corrected chi connectivity index (χ3v) is 6.56. The third kappa shape index (κ3) is 4.98. The Bertz CT molecular complexity index is 998. The molecule has 0 radical (unpaired) electrons. The van der Waals surface area contributed by atoms with Gasteiger partial charge >= 0.3 is 6.61 Å². The normalized spacial score (nSPS) is 19.3. The molecule has 2 amide bonds. The number of carbonyl (C=O) groups excluding carboxylic acids is 2. The number of hydrogen-bond acceptors (Lipinski definition) is 7. The maximum absolute atomic E-state index is 12.7. The number of carbonyl (C=O) groups is 2. The zero-order chi connectivity index (χ0) is 22.8. The van der Waals surface area contributed by atoms with Crippen molar-refractivity contribution >= 4 is 28.3 Å². The highest BCUT2D eigenvalue weighted by Crippen LogP contribution is 2.42. The summed E-state index contributed by atoms with van der Waals surface area (Å²) in [6, 6.07) is 4.00. The van der Waals surface area contributed by atoms with Gasteiger partial charge < -0.3 is 14.4 Å². The summed E-state index contributed by atoms with van der Waals surface area (Å²) in [5.41, 5.74) is 0.761. The van der Waals surface area contributed by atoms with Crippen molar-refractivity contribution in [3.63, 3.8) is 0 Å². The molecule has 0 spiro atoms. The summed E-state index contributed by atoms with van der Waals surface area (Å²) >= 11 is 1.36. The summed E-state index contributed by atoms with van der Waals surface area (Å²) in [4.78, 5) is 26.9. The second-order valence-corrected chi connectivity index (χ2v) is 8.86. The van der Waals surface area contributed by atoms with Gasteiger partial charge in [0, 0.05) is 24.8 Å². The lowest BCUT2D eigenvalue weighted by Gasteiger charge is -2.23. The Morgan fingerprint density at radius 2 is 2.06 bits per heavy atom. The highest BCUT2D eigenvalue weighted by Gasteiger charge is 2.37. The average Bonchev–Trinajstić information content (AvgIpc) is 3.38. The Morgan fingerprint density at radius 3 is 2.75 bits per heavy atom. The van der Waals surface area contributed by atoms with Crippen molar-refractivity contribution in [2.75, 3.05) is 18.5 Å². The van der Waals surface area contributed by atoms with Crippen LogP contribution in [0.25, 0.3) is 0 Å². The van der Waals surface area contributed by atoms with Crippen LogP contribution in [-0.2, 0) is 9.59 Å². The fraction of sp³-hybridized carbons (Fsp3) is 0.524. The van der Waals surface area contributed by atoms with E-state index >= 15 is 0 Å². The van der Waals surface area contributed by atoms with Crippen molar-refractivity contribution in [1.29, 1.82) is 0 Å². The second kappa shape index (κ2) is 9.35. The van der Waals surface area contributed by atoms with Gasteiger partial charge in [0.1, 0.15) is 11.0 Å². The number of alkyl halides is 2. The van der Waals surface area contributed by atoms with Crippen LogP contribution >= 0.6 is 11.3 Å². The SMILES string of the molecule is CCOc1cc(C2CC(=O)N(C(C)C(=O)Nc3nnc(C4CC4)s3)C2)ccc1OC(F)F. The Morgan fingerprint density at radius 1 is 1.28 bits per heavy atom. The molecule has 2 atom stereocenters. The van der Waals surface area contributed by atoms with Crippen LogP contribution in [0.4, 0.5) is 13.9 Å². The largest absolute Gasteiger partial charge is 0.490 e. The molecule has 1 N–H and O–H groups in total. The molecule has 2 unspecified atom stereocenters. The molecule has 2 aromatic rings. The molecule has 1 saturated carbocycles. The van der Waals surface area contributed by atoms with Gasteiger partial charge in [-0.25, -0.2) is 0 Å². The first-order chi connectivity index (χ1) is 15.4. The van der Waals surface area contributed by atoms with Crippen LogP contribution in [0, 0.1) is 0 Å². The molecule has 172 valence electrons. The predicted octanol–water partition coefficient (Wildman–Crippen LogP) is 3.76. The van der Waals surface area contributed by atoms with Crippen LogP contribution in [0.3, 0.4) is 0 Å². The van der Waals surface area contributed by atoms with E-state index in [0.29, 0.717) is 17.6 Å². The van der Waals surface area contributed by atoms with E-state index in [2.05, 4.69) is 20.3 Å². The second-order valence-electron chi connectivity index (χ2n) is 7.85. The molecule has 8 nitrogen and oxygen atoms in total. The Hall–Kier alpha value is -2.82. The minimum Gasteiger partial charge on any atom is -0.490 e. The number of nitrogens with one attached hydrogen (secondary N) is 1. The van der Waals surface area contributed by atoms with E-state index in [1.165, 1.54) is 22.3 Å². The number of likely N-dealkylation sites (tertiary alicyclic amines) is 1. The van der Waals surface area contributed by atoms with E-state index in [4.69, 9.17) is 4.74 Å². The zero-order valence-electron chi connectivity index (χ0n) is 17.7. The smallest absolute Gasteiger partial charge is 0.387 e. The molecule has 2 fully saturated rings. The first kappa shape index (κ1) is 22.4. The lowest BCUT2D eigenvalue weighted by Crippen LogP contribution is -2.42. The molecule has 1 aliphatic carbocycles. The summed E-state index contributed by atoms with van der Waals surface area (Å²) in [7, 11) is 0. The average molecular weight is 467 g/mol. The van der Waals surface area contributed by atoms with Gasteiger partial charge in [-0.3, -0.25) is 14.9 Å². The number of aromatic nitrogens is 2. The summed E-state index contributed by atoms with van der Waals surface area (Å²) in [5.74, 6) is -0.0735. The molecule has 1 aliphatic heterocycles. The Balaban J connectivity index is 1.42. The number of amides is 2. The van der Waals surface area contributed by atoms with Gasteiger partial charge in [0.2, 0.25) is 16.9 Å². The number of benzene rings is 1. The van der Waals surface area contributed by atoms with Crippen LogP contribution in [-0.4, -0.2) is 52.7 Å². The zero-order valence-corrected chi connectivity index (χ0v) is 18.5. The van der Waals surface area contributed by atoms with E-state index in [9.17, 15) is 18.4 Å². The summed E-state index contributed by atoms with van der Waals surface area (Å²) in [6.07, 6.45) is 2.41. The maximum Gasteiger partial charge on any atom is 0.387 e. The standard InChI is InChI=1S/C21H24F2N4O4S/c1-3-30-16-8-13(6-7-15(16)31-20(22)23)14-9-17(28)27(10-14)11(2)18(29)24-21-26-25-19(32-21)12-4-5-12/h6-8,11-12,14,20H,3-5,9-10H2,1-2H3,(H,24,26,29). The van der Waals surface area contributed by atoms with Gasteiger partial charge in [0.15, 0.2) is 11.5 Å². The van der Waals surface area contributed by atoms with E-state index in [-0.39, 0.29) is 42.3 Å². The number of nitrogens with zero attached hydrogens (tertiary/aromatic N) is 3. The minimum atomic E-state index is -2.96. The lowest BCUT2D eigenvalue weighted by molar-refractivity contribution is -0.134. The third-order valence-electron chi connectivity index (χ3n) is 5.56. The van der Waals surface area contributed by atoms with Crippen LogP contribution in [0.1, 0.15) is 55.5 Å². The van der Waals surface area contributed by atoms with Crippen LogP contribution in [0.15, 0.2) is 18.2 Å². The van der Waals surface area contributed by atoms with Gasteiger partial charge in [-0.2, -0.15) is 8.78 Å². The highest BCUT2D eigenvalue weighted by molar-refractivity contribution is 7.15. The van der Waals surface area contributed by atoms with E-state index < -0.39 is 12.7 Å². The number of anilines is 1. The molecule has 2 heterocycles. The fourth-order valence-electron chi connectivity index (χ4n) is 3.70. The van der Waals surface area contributed by atoms with Gasteiger partial charge in [-0.05, 0) is 44.4 Å². The maximum atomic E-state index is 12.7. The van der Waals surface area contributed by atoms with Crippen LogP contribution in [0.5, 0.6) is 11.5 Å². The van der Waals surface area contributed by atoms with Crippen molar-refractivity contribution in [1.82, 2.24) is 15.1 Å². The molecule has 1 saturated heterocycles.